The smallest absolute Gasteiger partial charge is 0.0732 e. The maximum atomic E-state index is 6.14. The van der Waals surface area contributed by atoms with E-state index in [0.29, 0.717) is 18.8 Å². The summed E-state index contributed by atoms with van der Waals surface area (Å²) in [6.45, 7) is 0.699. The van der Waals surface area contributed by atoms with Crippen LogP contribution in [0.4, 0.5) is 0 Å². The third-order valence-electron chi connectivity index (χ3n) is 3.73. The van der Waals surface area contributed by atoms with Crippen molar-refractivity contribution in [3.05, 3.63) is 34.3 Å². The highest BCUT2D eigenvalue weighted by molar-refractivity contribution is 9.10. The molecule has 2 nitrogen and oxygen atoms in total. The molecule has 2 atom stereocenters. The second kappa shape index (κ2) is 7.27. The largest absolute Gasteiger partial charge is 0.372 e. The first-order valence-corrected chi connectivity index (χ1v) is 7.63. The molecule has 1 aromatic carbocycles. The van der Waals surface area contributed by atoms with E-state index in [9.17, 15) is 0 Å². The van der Waals surface area contributed by atoms with Crippen LogP contribution in [0.25, 0.3) is 0 Å². The number of likely N-dealkylation sites (N-methyl/N-ethyl adjacent to an activating group) is 1. The maximum absolute atomic E-state index is 6.14. The van der Waals surface area contributed by atoms with Crippen LogP contribution in [0.1, 0.15) is 37.7 Å². The molecule has 1 N–H and O–H groups in total. The predicted octanol–water partition coefficient (Wildman–Crippen LogP) is 3.89. The third-order valence-corrected chi connectivity index (χ3v) is 4.51. The number of hydrogen-bond acceptors (Lipinski definition) is 2. The van der Waals surface area contributed by atoms with Gasteiger partial charge in [0.05, 0.1) is 12.7 Å². The minimum atomic E-state index is 0.351. The Morgan fingerprint density at radius 1 is 1.22 bits per heavy atom. The number of halogens is 1. The molecule has 18 heavy (non-hydrogen) atoms. The molecule has 1 aromatic rings. The average molecular weight is 312 g/mol. The zero-order valence-electron chi connectivity index (χ0n) is 11.0. The van der Waals surface area contributed by atoms with E-state index in [1.165, 1.54) is 37.7 Å². The summed E-state index contributed by atoms with van der Waals surface area (Å²) in [6.07, 6.45) is 6.71. The second-order valence-electron chi connectivity index (χ2n) is 4.97. The molecule has 0 aliphatic heterocycles. The molecule has 0 saturated heterocycles. The molecule has 1 saturated carbocycles. The fourth-order valence-corrected chi connectivity index (χ4v) is 3.01. The van der Waals surface area contributed by atoms with Crippen LogP contribution >= 0.6 is 15.9 Å². The Hall–Kier alpha value is -0.380. The van der Waals surface area contributed by atoms with Crippen LogP contribution in [0.2, 0.25) is 0 Å². The van der Waals surface area contributed by atoms with Gasteiger partial charge in [-0.15, -0.1) is 0 Å². The van der Waals surface area contributed by atoms with Crippen molar-refractivity contribution in [2.24, 2.45) is 0 Å². The summed E-state index contributed by atoms with van der Waals surface area (Å²) in [4.78, 5) is 0. The molecule has 2 rings (SSSR count). The van der Waals surface area contributed by atoms with Gasteiger partial charge >= 0.3 is 0 Å². The Morgan fingerprint density at radius 3 is 2.78 bits per heavy atom. The van der Waals surface area contributed by atoms with Crippen molar-refractivity contribution in [2.45, 2.75) is 50.9 Å². The van der Waals surface area contributed by atoms with Gasteiger partial charge in [-0.1, -0.05) is 53.4 Å². The van der Waals surface area contributed by atoms with Crippen molar-refractivity contribution in [1.82, 2.24) is 5.32 Å². The van der Waals surface area contributed by atoms with Gasteiger partial charge in [0.15, 0.2) is 0 Å². The summed E-state index contributed by atoms with van der Waals surface area (Å²) in [5.74, 6) is 0. The molecule has 0 bridgehead atoms. The Bertz CT molecular complexity index is 369. The molecular weight excluding hydrogens is 290 g/mol. The molecule has 0 spiro atoms. The Kier molecular flexibility index (Phi) is 5.67. The highest BCUT2D eigenvalue weighted by Gasteiger charge is 2.22. The van der Waals surface area contributed by atoms with Gasteiger partial charge in [-0.2, -0.15) is 0 Å². The van der Waals surface area contributed by atoms with Gasteiger partial charge in [0, 0.05) is 10.5 Å². The average Bonchev–Trinajstić information content (AvgIpc) is 2.62. The van der Waals surface area contributed by atoms with Crippen molar-refractivity contribution in [3.63, 3.8) is 0 Å². The minimum absolute atomic E-state index is 0.351. The Balaban J connectivity index is 1.93. The van der Waals surface area contributed by atoms with Crippen molar-refractivity contribution in [1.29, 1.82) is 0 Å². The summed E-state index contributed by atoms with van der Waals surface area (Å²) in [6, 6.07) is 8.80. The predicted molar refractivity (Wildman–Crippen MR) is 78.7 cm³/mol. The lowest BCUT2D eigenvalue weighted by molar-refractivity contribution is 0.0121. The number of hydrogen-bond donors (Lipinski definition) is 1. The number of benzene rings is 1. The van der Waals surface area contributed by atoms with Crippen LogP contribution in [0.3, 0.4) is 0 Å². The molecule has 2 unspecified atom stereocenters. The monoisotopic (exact) mass is 311 g/mol. The normalized spacial score (nSPS) is 24.8. The van der Waals surface area contributed by atoms with Gasteiger partial charge < -0.3 is 10.1 Å². The van der Waals surface area contributed by atoms with Gasteiger partial charge in [0.1, 0.15) is 0 Å². The van der Waals surface area contributed by atoms with Crippen LogP contribution in [0.5, 0.6) is 0 Å². The van der Waals surface area contributed by atoms with Crippen LogP contribution in [-0.4, -0.2) is 19.2 Å². The van der Waals surface area contributed by atoms with Crippen LogP contribution in [0.15, 0.2) is 28.7 Å². The number of rotatable bonds is 4. The van der Waals surface area contributed by atoms with Crippen molar-refractivity contribution < 1.29 is 4.74 Å². The first-order chi connectivity index (χ1) is 8.81. The molecule has 0 aromatic heterocycles. The summed E-state index contributed by atoms with van der Waals surface area (Å²) in [5, 5.41) is 3.41. The van der Waals surface area contributed by atoms with Crippen LogP contribution < -0.4 is 5.32 Å². The van der Waals surface area contributed by atoms with E-state index in [1.54, 1.807) is 0 Å². The molecule has 1 aliphatic carbocycles. The van der Waals surface area contributed by atoms with Gasteiger partial charge in [-0.25, -0.2) is 0 Å². The quantitative estimate of drug-likeness (QED) is 0.852. The lowest BCUT2D eigenvalue weighted by atomic mass is 10.1. The van der Waals surface area contributed by atoms with Gasteiger partial charge in [0.2, 0.25) is 0 Å². The highest BCUT2D eigenvalue weighted by Crippen LogP contribution is 2.23. The molecule has 0 heterocycles. The van der Waals surface area contributed by atoms with Crippen molar-refractivity contribution >= 4 is 15.9 Å². The summed E-state index contributed by atoms with van der Waals surface area (Å²) in [5.41, 5.74) is 1.23. The van der Waals surface area contributed by atoms with E-state index in [1.807, 2.05) is 13.1 Å². The van der Waals surface area contributed by atoms with E-state index < -0.39 is 0 Å². The molecule has 3 heteroatoms. The summed E-state index contributed by atoms with van der Waals surface area (Å²) < 4.78 is 7.28. The van der Waals surface area contributed by atoms with Crippen LogP contribution in [0, 0.1) is 0 Å². The van der Waals surface area contributed by atoms with Crippen LogP contribution in [-0.2, 0) is 11.3 Å². The highest BCUT2D eigenvalue weighted by atomic mass is 79.9. The SMILES string of the molecule is CNC1CCCCCC1OCc1ccccc1Br. The van der Waals surface area contributed by atoms with E-state index in [-0.39, 0.29) is 0 Å². The zero-order chi connectivity index (χ0) is 12.8. The first kappa shape index (κ1) is 14.0. The summed E-state index contributed by atoms with van der Waals surface area (Å²) >= 11 is 3.57. The molecule has 1 fully saturated rings. The zero-order valence-corrected chi connectivity index (χ0v) is 12.6. The standard InChI is InChI=1S/C15H22BrNO/c1-17-14-9-3-2-4-10-15(14)18-11-12-7-5-6-8-13(12)16/h5-8,14-15,17H,2-4,9-11H2,1H3. The lowest BCUT2D eigenvalue weighted by Gasteiger charge is -2.25. The number of ether oxygens (including phenoxy) is 1. The minimum Gasteiger partial charge on any atom is -0.372 e. The number of nitrogens with one attached hydrogen (secondary N) is 1. The molecule has 100 valence electrons. The topological polar surface area (TPSA) is 21.3 Å². The fraction of sp³-hybridized carbons (Fsp3) is 0.600. The third kappa shape index (κ3) is 3.81. The van der Waals surface area contributed by atoms with E-state index >= 15 is 0 Å². The lowest BCUT2D eigenvalue weighted by Crippen LogP contribution is -2.38. The second-order valence-corrected chi connectivity index (χ2v) is 5.83. The van der Waals surface area contributed by atoms with Crippen molar-refractivity contribution in [3.8, 4) is 0 Å². The first-order valence-electron chi connectivity index (χ1n) is 6.83. The molecule has 0 radical (unpaired) electrons. The maximum Gasteiger partial charge on any atom is 0.0732 e. The van der Waals surface area contributed by atoms with Crippen molar-refractivity contribution in [2.75, 3.05) is 7.05 Å². The molecular formula is C15H22BrNO. The van der Waals surface area contributed by atoms with Gasteiger partial charge in [-0.05, 0) is 31.5 Å². The van der Waals surface area contributed by atoms with E-state index in [4.69, 9.17) is 4.74 Å². The fourth-order valence-electron chi connectivity index (χ4n) is 2.62. The van der Waals surface area contributed by atoms with Gasteiger partial charge in [-0.3, -0.25) is 0 Å². The van der Waals surface area contributed by atoms with Gasteiger partial charge in [0.25, 0.3) is 0 Å². The molecule has 1 aliphatic rings. The Morgan fingerprint density at radius 2 is 2.00 bits per heavy atom. The van der Waals surface area contributed by atoms with E-state index in [2.05, 4.69) is 39.4 Å². The summed E-state index contributed by atoms with van der Waals surface area (Å²) in [7, 11) is 2.05. The Labute approximate surface area is 118 Å². The molecule has 0 amide bonds. The van der Waals surface area contributed by atoms with E-state index in [0.717, 1.165) is 4.47 Å².